The largest absolute Gasteiger partial charge is 0.344 e. The van der Waals surface area contributed by atoms with Crippen molar-refractivity contribution in [2.24, 2.45) is 0 Å². The first-order valence-corrected chi connectivity index (χ1v) is 5.62. The molecule has 0 rings (SSSR count). The van der Waals surface area contributed by atoms with Gasteiger partial charge in [-0.1, -0.05) is 13.8 Å². The molecule has 0 spiro atoms. The molecule has 0 aromatic rings. The minimum absolute atomic E-state index is 0.212. The lowest BCUT2D eigenvalue weighted by Gasteiger charge is -2.10. The van der Waals surface area contributed by atoms with E-state index in [1.807, 2.05) is 13.8 Å². The molecule has 5 heteroatoms. The number of hydrogen-bond donors (Lipinski definition) is 2. The fourth-order valence-corrected chi connectivity index (χ4v) is 1.53. The van der Waals surface area contributed by atoms with Gasteiger partial charge in [-0.2, -0.15) is 5.48 Å². The van der Waals surface area contributed by atoms with Gasteiger partial charge in [0.15, 0.2) is 0 Å². The van der Waals surface area contributed by atoms with Crippen molar-refractivity contribution in [2.45, 2.75) is 26.7 Å². The van der Waals surface area contributed by atoms with Crippen molar-refractivity contribution < 1.29 is 14.1 Å². The lowest BCUT2D eigenvalue weighted by Crippen LogP contribution is -2.14. The number of hydroxylamine groups is 1. The normalized spacial score (nSPS) is 16.3. The van der Waals surface area contributed by atoms with Crippen LogP contribution in [-0.4, -0.2) is 17.6 Å². The summed E-state index contributed by atoms with van der Waals surface area (Å²) in [5, 5.41) is 0. The molecule has 0 bridgehead atoms. The van der Waals surface area contributed by atoms with E-state index < -0.39 is 7.60 Å². The molecule has 68 valence electrons. The number of nitrogens with one attached hydrogen (secondary N) is 1. The molecule has 0 aromatic heterocycles. The Morgan fingerprint density at radius 1 is 1.45 bits per heavy atom. The lowest BCUT2D eigenvalue weighted by atomic mass is 10.5. The second kappa shape index (κ2) is 5.72. The molecular weight excluding hydrogens is 165 g/mol. The molecule has 0 aliphatic rings. The van der Waals surface area contributed by atoms with Crippen molar-refractivity contribution in [2.75, 3.05) is 12.7 Å². The van der Waals surface area contributed by atoms with E-state index in [9.17, 15) is 4.57 Å². The topological polar surface area (TPSA) is 58.6 Å². The first kappa shape index (κ1) is 11.1. The maximum absolute atomic E-state index is 11.0. The fraction of sp³-hybridized carbons (Fsp3) is 1.00. The van der Waals surface area contributed by atoms with Crippen LogP contribution in [-0.2, 0) is 9.19 Å². The quantitative estimate of drug-likeness (QED) is 0.370. The summed E-state index contributed by atoms with van der Waals surface area (Å²) in [5.41, 5.74) is 2.45. The summed E-state index contributed by atoms with van der Waals surface area (Å²) in [6, 6.07) is 0. The summed E-state index contributed by atoms with van der Waals surface area (Å²) in [6.07, 6.45) is 1.75. The van der Waals surface area contributed by atoms with E-state index in [4.69, 9.17) is 4.89 Å². The Balaban J connectivity index is 3.47. The van der Waals surface area contributed by atoms with E-state index in [-0.39, 0.29) is 6.16 Å². The van der Waals surface area contributed by atoms with Crippen LogP contribution in [0.2, 0.25) is 0 Å². The Hall–Kier alpha value is 0.110. The van der Waals surface area contributed by atoms with E-state index >= 15 is 0 Å². The van der Waals surface area contributed by atoms with Crippen LogP contribution in [0.5, 0.6) is 0 Å². The van der Waals surface area contributed by atoms with Crippen molar-refractivity contribution in [3.05, 3.63) is 0 Å². The minimum Gasteiger partial charge on any atom is -0.323 e. The second-order valence-electron chi connectivity index (χ2n) is 2.35. The SMILES string of the molecule is CCCNOP(=O)(O)CCC. The van der Waals surface area contributed by atoms with Gasteiger partial charge < -0.3 is 4.89 Å². The number of rotatable bonds is 6. The first-order chi connectivity index (χ1) is 5.12. The highest BCUT2D eigenvalue weighted by atomic mass is 31.2. The van der Waals surface area contributed by atoms with E-state index in [1.54, 1.807) is 0 Å². The van der Waals surface area contributed by atoms with Gasteiger partial charge in [-0.05, 0) is 12.8 Å². The molecule has 1 atom stereocenters. The van der Waals surface area contributed by atoms with Gasteiger partial charge in [0.25, 0.3) is 0 Å². The molecule has 0 amide bonds. The van der Waals surface area contributed by atoms with Crippen LogP contribution >= 0.6 is 7.60 Å². The average Bonchev–Trinajstić information content (AvgIpc) is 1.87. The lowest BCUT2D eigenvalue weighted by molar-refractivity contribution is 0.166. The van der Waals surface area contributed by atoms with Crippen LogP contribution in [0.15, 0.2) is 0 Å². The summed E-state index contributed by atoms with van der Waals surface area (Å²) < 4.78 is 15.5. The van der Waals surface area contributed by atoms with Gasteiger partial charge in [-0.15, -0.1) is 0 Å². The van der Waals surface area contributed by atoms with Crippen LogP contribution in [0.4, 0.5) is 0 Å². The predicted octanol–water partition coefficient (Wildman–Crippen LogP) is 1.51. The van der Waals surface area contributed by atoms with E-state index in [1.165, 1.54) is 0 Å². The Kier molecular flexibility index (Phi) is 5.78. The molecular formula is C6H16NO3P. The van der Waals surface area contributed by atoms with Crippen molar-refractivity contribution in [3.8, 4) is 0 Å². The Labute approximate surface area is 67.4 Å². The summed E-state index contributed by atoms with van der Waals surface area (Å²) >= 11 is 0. The highest BCUT2D eigenvalue weighted by Crippen LogP contribution is 2.40. The molecule has 0 saturated carbocycles. The molecule has 0 heterocycles. The van der Waals surface area contributed by atoms with Crippen molar-refractivity contribution in [3.63, 3.8) is 0 Å². The van der Waals surface area contributed by atoms with E-state index in [2.05, 4.69) is 10.1 Å². The van der Waals surface area contributed by atoms with Gasteiger partial charge in [-0.3, -0.25) is 4.57 Å². The molecule has 2 N–H and O–H groups in total. The Morgan fingerprint density at radius 2 is 2.09 bits per heavy atom. The monoisotopic (exact) mass is 181 g/mol. The molecule has 0 aliphatic carbocycles. The smallest absolute Gasteiger partial charge is 0.323 e. The third kappa shape index (κ3) is 6.51. The van der Waals surface area contributed by atoms with Crippen LogP contribution in [0.1, 0.15) is 26.7 Å². The highest BCUT2D eigenvalue weighted by Gasteiger charge is 2.16. The molecule has 0 fully saturated rings. The maximum atomic E-state index is 11.0. The minimum atomic E-state index is -3.33. The molecule has 1 unspecified atom stereocenters. The van der Waals surface area contributed by atoms with Crippen LogP contribution in [0, 0.1) is 0 Å². The Bertz CT molecular complexity index is 140. The molecule has 11 heavy (non-hydrogen) atoms. The molecule has 0 radical (unpaired) electrons. The van der Waals surface area contributed by atoms with Crippen molar-refractivity contribution in [1.82, 2.24) is 5.48 Å². The molecule has 0 saturated heterocycles. The maximum Gasteiger partial charge on any atom is 0.344 e. The fourth-order valence-electron chi connectivity index (χ4n) is 0.577. The summed E-state index contributed by atoms with van der Waals surface area (Å²) in [5.74, 6) is 0. The third-order valence-corrected chi connectivity index (χ3v) is 2.49. The molecule has 0 aromatic carbocycles. The second-order valence-corrected chi connectivity index (χ2v) is 4.25. The Morgan fingerprint density at radius 3 is 2.55 bits per heavy atom. The van der Waals surface area contributed by atoms with E-state index in [0.29, 0.717) is 13.0 Å². The van der Waals surface area contributed by atoms with Crippen molar-refractivity contribution >= 4 is 7.60 Å². The van der Waals surface area contributed by atoms with Gasteiger partial charge in [0.1, 0.15) is 0 Å². The van der Waals surface area contributed by atoms with Gasteiger partial charge in [0.2, 0.25) is 0 Å². The standard InChI is InChI=1S/C6H16NO3P/c1-3-5-7-10-11(8,9)6-4-2/h7H,3-6H2,1-2H3,(H,8,9). The first-order valence-electron chi connectivity index (χ1n) is 3.85. The predicted molar refractivity (Wildman–Crippen MR) is 44.4 cm³/mol. The number of hydrogen-bond acceptors (Lipinski definition) is 3. The molecule has 4 nitrogen and oxygen atoms in total. The van der Waals surface area contributed by atoms with Crippen molar-refractivity contribution in [1.29, 1.82) is 0 Å². The summed E-state index contributed by atoms with van der Waals surface area (Å²) in [4.78, 5) is 9.01. The van der Waals surface area contributed by atoms with Gasteiger partial charge >= 0.3 is 7.60 Å². The zero-order valence-corrected chi connectivity index (χ0v) is 7.93. The van der Waals surface area contributed by atoms with Gasteiger partial charge in [0, 0.05) is 6.54 Å². The summed E-state index contributed by atoms with van der Waals surface area (Å²) in [7, 11) is -3.33. The van der Waals surface area contributed by atoms with Crippen LogP contribution in [0.3, 0.4) is 0 Å². The average molecular weight is 181 g/mol. The molecule has 0 aliphatic heterocycles. The van der Waals surface area contributed by atoms with Gasteiger partial charge in [0.05, 0.1) is 6.16 Å². The van der Waals surface area contributed by atoms with Crippen LogP contribution in [0.25, 0.3) is 0 Å². The summed E-state index contributed by atoms with van der Waals surface area (Å²) in [6.45, 7) is 4.40. The van der Waals surface area contributed by atoms with E-state index in [0.717, 1.165) is 6.42 Å². The zero-order chi connectivity index (χ0) is 8.74. The zero-order valence-electron chi connectivity index (χ0n) is 7.04. The highest BCUT2D eigenvalue weighted by molar-refractivity contribution is 7.52. The van der Waals surface area contributed by atoms with Gasteiger partial charge in [-0.25, -0.2) is 4.62 Å². The van der Waals surface area contributed by atoms with Crippen LogP contribution < -0.4 is 5.48 Å². The third-order valence-electron chi connectivity index (χ3n) is 1.07.